The third-order valence-electron chi connectivity index (χ3n) is 3.90. The molecule has 4 amide bonds. The minimum Gasteiger partial charge on any atom is -0.334 e. The summed E-state index contributed by atoms with van der Waals surface area (Å²) in [5.41, 5.74) is 5.78. The number of carbonyl (C=O) groups is 3. The van der Waals surface area contributed by atoms with Crippen molar-refractivity contribution in [2.24, 2.45) is 0 Å². The number of halogens is 1. The summed E-state index contributed by atoms with van der Waals surface area (Å²) >= 11 is 0. The number of hydrazine groups is 1. The van der Waals surface area contributed by atoms with Crippen molar-refractivity contribution in [2.75, 3.05) is 0 Å². The first-order valence-corrected chi connectivity index (χ1v) is 8.93. The monoisotopic (exact) mass is 386 g/mol. The van der Waals surface area contributed by atoms with Crippen molar-refractivity contribution in [3.63, 3.8) is 0 Å². The summed E-state index contributed by atoms with van der Waals surface area (Å²) in [5, 5.41) is 5.19. The van der Waals surface area contributed by atoms with Crippen molar-refractivity contribution in [2.45, 2.75) is 32.4 Å². The Morgan fingerprint density at radius 2 is 1.64 bits per heavy atom. The number of hydrogen-bond acceptors (Lipinski definition) is 3. The van der Waals surface area contributed by atoms with E-state index < -0.39 is 23.9 Å². The molecule has 2 aromatic rings. The summed E-state index contributed by atoms with van der Waals surface area (Å²) in [7, 11) is 0. The van der Waals surface area contributed by atoms with E-state index in [9.17, 15) is 18.8 Å². The van der Waals surface area contributed by atoms with E-state index >= 15 is 0 Å². The van der Waals surface area contributed by atoms with Gasteiger partial charge >= 0.3 is 6.03 Å². The Bertz CT molecular complexity index is 797. The number of amides is 4. The molecule has 1 atom stereocenters. The maximum Gasteiger partial charge on any atom is 0.315 e. The van der Waals surface area contributed by atoms with E-state index in [1.807, 2.05) is 6.92 Å². The molecule has 0 aliphatic carbocycles. The van der Waals surface area contributed by atoms with Crippen LogP contribution in [0.5, 0.6) is 0 Å². The van der Waals surface area contributed by atoms with Crippen molar-refractivity contribution in [3.05, 3.63) is 71.5 Å². The molecule has 0 heterocycles. The van der Waals surface area contributed by atoms with Gasteiger partial charge in [0.15, 0.2) is 0 Å². The summed E-state index contributed by atoms with van der Waals surface area (Å²) in [6.45, 7) is 2.07. The predicted molar refractivity (Wildman–Crippen MR) is 103 cm³/mol. The molecule has 0 aliphatic rings. The van der Waals surface area contributed by atoms with E-state index in [4.69, 9.17) is 0 Å². The Kier molecular flexibility index (Phi) is 7.95. The van der Waals surface area contributed by atoms with Gasteiger partial charge < -0.3 is 10.6 Å². The minimum absolute atomic E-state index is 0.192. The van der Waals surface area contributed by atoms with Crippen LogP contribution in [0.2, 0.25) is 0 Å². The number of carbonyl (C=O) groups excluding carboxylic acids is 3. The minimum atomic E-state index is -0.811. The van der Waals surface area contributed by atoms with E-state index in [0.717, 1.165) is 5.56 Å². The molecule has 0 saturated carbocycles. The van der Waals surface area contributed by atoms with Crippen LogP contribution in [0.3, 0.4) is 0 Å². The van der Waals surface area contributed by atoms with E-state index in [1.165, 1.54) is 12.1 Å². The van der Waals surface area contributed by atoms with Crippen molar-refractivity contribution in [1.82, 2.24) is 21.5 Å². The molecule has 1 unspecified atom stereocenters. The van der Waals surface area contributed by atoms with E-state index in [1.54, 1.807) is 42.5 Å². The normalized spacial score (nSPS) is 11.2. The summed E-state index contributed by atoms with van der Waals surface area (Å²) in [4.78, 5) is 36.4. The Balaban J connectivity index is 1.83. The van der Waals surface area contributed by atoms with Crippen molar-refractivity contribution >= 4 is 17.8 Å². The third-order valence-corrected chi connectivity index (χ3v) is 3.90. The molecule has 0 aliphatic heterocycles. The molecular weight excluding hydrogens is 363 g/mol. The summed E-state index contributed by atoms with van der Waals surface area (Å²) in [5.74, 6) is -1.33. The Hall–Kier alpha value is -3.42. The smallest absolute Gasteiger partial charge is 0.315 e. The third kappa shape index (κ3) is 6.71. The van der Waals surface area contributed by atoms with Gasteiger partial charge in [-0.1, -0.05) is 43.7 Å². The highest BCUT2D eigenvalue weighted by Gasteiger charge is 2.20. The molecule has 0 fully saturated rings. The highest BCUT2D eigenvalue weighted by molar-refractivity contribution is 5.96. The second kappa shape index (κ2) is 10.7. The second-order valence-electron chi connectivity index (χ2n) is 6.10. The summed E-state index contributed by atoms with van der Waals surface area (Å²) < 4.78 is 12.9. The fraction of sp³-hybridized carbons (Fsp3) is 0.250. The van der Waals surface area contributed by atoms with Gasteiger partial charge in [0.1, 0.15) is 11.9 Å². The number of benzene rings is 2. The molecule has 0 aromatic heterocycles. The molecule has 0 bridgehead atoms. The van der Waals surface area contributed by atoms with Crippen LogP contribution < -0.4 is 21.5 Å². The van der Waals surface area contributed by atoms with E-state index in [0.29, 0.717) is 18.4 Å². The molecule has 28 heavy (non-hydrogen) atoms. The maximum atomic E-state index is 12.9. The van der Waals surface area contributed by atoms with Crippen LogP contribution in [-0.2, 0) is 11.3 Å². The lowest BCUT2D eigenvalue weighted by molar-refractivity contribution is -0.123. The fourth-order valence-electron chi connectivity index (χ4n) is 2.42. The molecule has 148 valence electrons. The zero-order chi connectivity index (χ0) is 20.4. The SMILES string of the molecule is CCCC(NC(=O)NCc1ccc(F)cc1)C(=O)NNC(=O)c1ccccc1. The Labute approximate surface area is 162 Å². The standard InChI is InChI=1S/C20H23FN4O3/c1-2-6-17(19(27)25-24-18(26)15-7-4-3-5-8-15)23-20(28)22-13-14-9-11-16(21)12-10-14/h3-5,7-12,17H,2,6,13H2,1H3,(H,24,26)(H,25,27)(H2,22,23,28). The molecule has 4 N–H and O–H groups in total. The van der Waals surface area contributed by atoms with Gasteiger partial charge in [-0.05, 0) is 36.2 Å². The zero-order valence-electron chi connectivity index (χ0n) is 15.5. The summed E-state index contributed by atoms with van der Waals surface area (Å²) in [6, 6.07) is 12.8. The van der Waals surface area contributed by atoms with Gasteiger partial charge in [-0.25, -0.2) is 9.18 Å². The number of urea groups is 1. The number of rotatable bonds is 7. The molecular formula is C20H23FN4O3. The van der Waals surface area contributed by atoms with Gasteiger partial charge in [0.05, 0.1) is 0 Å². The molecule has 7 nitrogen and oxygen atoms in total. The van der Waals surface area contributed by atoms with E-state index in [-0.39, 0.29) is 12.4 Å². The molecule has 0 radical (unpaired) electrons. The first-order valence-electron chi connectivity index (χ1n) is 8.93. The quantitative estimate of drug-likeness (QED) is 0.549. The van der Waals surface area contributed by atoms with Crippen LogP contribution in [0.4, 0.5) is 9.18 Å². The first kappa shape index (κ1) is 20.9. The average molecular weight is 386 g/mol. The lowest BCUT2D eigenvalue weighted by Crippen LogP contribution is -2.53. The second-order valence-corrected chi connectivity index (χ2v) is 6.10. The topological polar surface area (TPSA) is 99.3 Å². The van der Waals surface area contributed by atoms with Crippen molar-refractivity contribution in [1.29, 1.82) is 0 Å². The summed E-state index contributed by atoms with van der Waals surface area (Å²) in [6.07, 6.45) is 1.06. The highest BCUT2D eigenvalue weighted by atomic mass is 19.1. The van der Waals surface area contributed by atoms with Crippen molar-refractivity contribution in [3.8, 4) is 0 Å². The van der Waals surface area contributed by atoms with Crippen molar-refractivity contribution < 1.29 is 18.8 Å². The van der Waals surface area contributed by atoms with Gasteiger partial charge in [0.25, 0.3) is 11.8 Å². The van der Waals surface area contributed by atoms with Gasteiger partial charge in [-0.15, -0.1) is 0 Å². The first-order chi connectivity index (χ1) is 13.5. The molecule has 8 heteroatoms. The molecule has 2 rings (SSSR count). The van der Waals surface area contributed by atoms with Crippen LogP contribution in [0.1, 0.15) is 35.7 Å². The van der Waals surface area contributed by atoms with Crippen LogP contribution >= 0.6 is 0 Å². The van der Waals surface area contributed by atoms with Crippen LogP contribution in [-0.4, -0.2) is 23.9 Å². The molecule has 0 saturated heterocycles. The van der Waals surface area contributed by atoms with Crippen LogP contribution in [0.15, 0.2) is 54.6 Å². The van der Waals surface area contributed by atoms with Gasteiger partial charge in [0, 0.05) is 12.1 Å². The Morgan fingerprint density at radius 3 is 2.29 bits per heavy atom. The predicted octanol–water partition coefficient (Wildman–Crippen LogP) is 2.25. The highest BCUT2D eigenvalue weighted by Crippen LogP contribution is 2.02. The maximum absolute atomic E-state index is 12.9. The average Bonchev–Trinajstić information content (AvgIpc) is 2.71. The van der Waals surface area contributed by atoms with Gasteiger partial charge in [0.2, 0.25) is 0 Å². The lowest BCUT2D eigenvalue weighted by atomic mass is 10.1. The van der Waals surface area contributed by atoms with E-state index in [2.05, 4.69) is 21.5 Å². The van der Waals surface area contributed by atoms with Crippen LogP contribution in [0, 0.1) is 5.82 Å². The Morgan fingerprint density at radius 1 is 0.964 bits per heavy atom. The largest absolute Gasteiger partial charge is 0.334 e. The molecule has 0 spiro atoms. The lowest BCUT2D eigenvalue weighted by Gasteiger charge is -2.18. The number of nitrogens with one attached hydrogen (secondary N) is 4. The molecule has 2 aromatic carbocycles. The number of hydrogen-bond donors (Lipinski definition) is 4. The zero-order valence-corrected chi connectivity index (χ0v) is 15.5. The van der Waals surface area contributed by atoms with Gasteiger partial charge in [-0.3, -0.25) is 20.4 Å². The fourth-order valence-corrected chi connectivity index (χ4v) is 2.42. The van der Waals surface area contributed by atoms with Gasteiger partial charge in [-0.2, -0.15) is 0 Å². The van der Waals surface area contributed by atoms with Crippen LogP contribution in [0.25, 0.3) is 0 Å².